The SMILES string of the molecule is O=C(CCc1ccccc1F)NS(=O)(=O)c1ccc2c(c1)OCCO2. The fraction of sp³-hybridized carbons (Fsp3) is 0.235. The molecule has 8 heteroatoms. The van der Waals surface area contributed by atoms with Gasteiger partial charge in [0.25, 0.3) is 10.0 Å². The first-order valence-corrected chi connectivity index (χ1v) is 9.13. The highest BCUT2D eigenvalue weighted by Crippen LogP contribution is 2.32. The molecule has 0 saturated heterocycles. The van der Waals surface area contributed by atoms with Crippen molar-refractivity contribution in [3.05, 3.63) is 53.8 Å². The normalized spacial score (nSPS) is 13.3. The number of benzene rings is 2. The second kappa shape index (κ2) is 7.10. The van der Waals surface area contributed by atoms with Gasteiger partial charge in [0.15, 0.2) is 11.5 Å². The number of amides is 1. The van der Waals surface area contributed by atoms with Crippen LogP contribution in [0.2, 0.25) is 0 Å². The molecule has 1 N–H and O–H groups in total. The summed E-state index contributed by atoms with van der Waals surface area (Å²) in [7, 11) is -4.04. The maximum Gasteiger partial charge on any atom is 0.264 e. The minimum absolute atomic E-state index is 0.101. The molecule has 0 radical (unpaired) electrons. The van der Waals surface area contributed by atoms with Crippen LogP contribution in [0, 0.1) is 5.82 Å². The standard InChI is InChI=1S/C17H16FNO5S/c18-14-4-2-1-3-12(14)5-8-17(20)19-25(21,22)13-6-7-15-16(11-13)24-10-9-23-15/h1-4,6-7,11H,5,8-10H2,(H,19,20). The van der Waals surface area contributed by atoms with E-state index in [0.717, 1.165) is 0 Å². The van der Waals surface area contributed by atoms with Crippen molar-refractivity contribution in [2.24, 2.45) is 0 Å². The van der Waals surface area contributed by atoms with Crippen molar-refractivity contribution >= 4 is 15.9 Å². The number of carbonyl (C=O) groups is 1. The van der Waals surface area contributed by atoms with Crippen LogP contribution in [0.4, 0.5) is 4.39 Å². The van der Waals surface area contributed by atoms with Gasteiger partial charge in [-0.25, -0.2) is 17.5 Å². The summed E-state index contributed by atoms with van der Waals surface area (Å²) in [6.07, 6.45) is -0.0418. The van der Waals surface area contributed by atoms with Crippen molar-refractivity contribution in [2.45, 2.75) is 17.7 Å². The minimum atomic E-state index is -4.04. The van der Waals surface area contributed by atoms with Crippen molar-refractivity contribution in [3.8, 4) is 11.5 Å². The van der Waals surface area contributed by atoms with Gasteiger partial charge in [-0.05, 0) is 30.2 Å². The molecule has 25 heavy (non-hydrogen) atoms. The number of nitrogens with one attached hydrogen (secondary N) is 1. The third-order valence-electron chi connectivity index (χ3n) is 3.65. The summed E-state index contributed by atoms with van der Waals surface area (Å²) in [5.74, 6) is -0.368. The van der Waals surface area contributed by atoms with Crippen molar-refractivity contribution in [2.75, 3.05) is 13.2 Å². The highest BCUT2D eigenvalue weighted by Gasteiger charge is 2.21. The maximum atomic E-state index is 13.5. The molecular weight excluding hydrogens is 349 g/mol. The summed E-state index contributed by atoms with van der Waals surface area (Å²) in [4.78, 5) is 11.8. The molecule has 0 aliphatic carbocycles. The Morgan fingerprint density at radius 3 is 2.56 bits per heavy atom. The molecule has 1 amide bonds. The zero-order valence-corrected chi connectivity index (χ0v) is 14.0. The monoisotopic (exact) mass is 365 g/mol. The maximum absolute atomic E-state index is 13.5. The molecule has 0 fully saturated rings. The molecule has 2 aromatic carbocycles. The molecule has 132 valence electrons. The molecule has 0 aromatic heterocycles. The Labute approximate surface area is 144 Å². The van der Waals surface area contributed by atoms with Crippen LogP contribution in [0.15, 0.2) is 47.4 Å². The molecule has 0 spiro atoms. The molecule has 0 unspecified atom stereocenters. The van der Waals surface area contributed by atoms with E-state index < -0.39 is 21.7 Å². The molecule has 3 rings (SSSR count). The van der Waals surface area contributed by atoms with Gasteiger partial charge >= 0.3 is 0 Å². The van der Waals surface area contributed by atoms with Crippen LogP contribution in [0.1, 0.15) is 12.0 Å². The zero-order chi connectivity index (χ0) is 17.9. The summed E-state index contributed by atoms with van der Waals surface area (Å²) < 4.78 is 50.8. The molecule has 0 atom stereocenters. The largest absolute Gasteiger partial charge is 0.486 e. The van der Waals surface area contributed by atoms with Gasteiger partial charge in [0.2, 0.25) is 5.91 Å². The summed E-state index contributed by atoms with van der Waals surface area (Å²) in [5.41, 5.74) is 0.356. The number of rotatable bonds is 5. The van der Waals surface area contributed by atoms with E-state index in [4.69, 9.17) is 9.47 Å². The Bertz CT molecular complexity index is 898. The zero-order valence-electron chi connectivity index (χ0n) is 13.2. The van der Waals surface area contributed by atoms with Gasteiger partial charge in [0.1, 0.15) is 19.0 Å². The van der Waals surface area contributed by atoms with Crippen molar-refractivity contribution in [1.82, 2.24) is 4.72 Å². The first-order chi connectivity index (χ1) is 12.0. The van der Waals surface area contributed by atoms with Crippen molar-refractivity contribution < 1.29 is 27.1 Å². The molecule has 1 aliphatic heterocycles. The average Bonchev–Trinajstić information content (AvgIpc) is 2.60. The molecule has 6 nitrogen and oxygen atoms in total. The highest BCUT2D eigenvalue weighted by atomic mass is 32.2. The van der Waals surface area contributed by atoms with Gasteiger partial charge in [-0.1, -0.05) is 18.2 Å². The summed E-state index contributed by atoms with van der Waals surface area (Å²) in [6, 6.07) is 10.2. The Balaban J connectivity index is 1.66. The Hall–Kier alpha value is -2.61. The van der Waals surface area contributed by atoms with E-state index in [1.807, 2.05) is 4.72 Å². The van der Waals surface area contributed by atoms with Crippen LogP contribution in [-0.2, 0) is 21.2 Å². The van der Waals surface area contributed by atoms with Crippen LogP contribution in [0.3, 0.4) is 0 Å². The number of carbonyl (C=O) groups excluding carboxylic acids is 1. The van der Waals surface area contributed by atoms with E-state index in [2.05, 4.69) is 0 Å². The van der Waals surface area contributed by atoms with Crippen molar-refractivity contribution in [3.63, 3.8) is 0 Å². The van der Waals surface area contributed by atoms with Gasteiger partial charge in [-0.2, -0.15) is 0 Å². The van der Waals surface area contributed by atoms with Crippen molar-refractivity contribution in [1.29, 1.82) is 0 Å². The Morgan fingerprint density at radius 2 is 1.80 bits per heavy atom. The first kappa shape index (κ1) is 17.2. The van der Waals surface area contributed by atoms with E-state index in [-0.39, 0.29) is 17.7 Å². The number of hydrogen-bond acceptors (Lipinski definition) is 5. The van der Waals surface area contributed by atoms with Crippen LogP contribution in [0.25, 0.3) is 0 Å². The second-order valence-electron chi connectivity index (χ2n) is 5.43. The number of halogens is 1. The Kier molecular flexibility index (Phi) is 4.89. The van der Waals surface area contributed by atoms with E-state index >= 15 is 0 Å². The third-order valence-corrected chi connectivity index (χ3v) is 5.02. The van der Waals surface area contributed by atoms with Crippen LogP contribution >= 0.6 is 0 Å². The quantitative estimate of drug-likeness (QED) is 0.877. The average molecular weight is 365 g/mol. The molecule has 1 heterocycles. The third kappa shape index (κ3) is 4.08. The van der Waals surface area contributed by atoms with E-state index in [0.29, 0.717) is 30.3 Å². The number of sulfonamides is 1. The lowest BCUT2D eigenvalue weighted by molar-refractivity contribution is -0.119. The highest BCUT2D eigenvalue weighted by molar-refractivity contribution is 7.90. The van der Waals surface area contributed by atoms with Crippen LogP contribution < -0.4 is 14.2 Å². The van der Waals surface area contributed by atoms with E-state index in [1.165, 1.54) is 24.3 Å². The fourth-order valence-corrected chi connectivity index (χ4v) is 3.43. The fourth-order valence-electron chi connectivity index (χ4n) is 2.40. The van der Waals surface area contributed by atoms with Crippen LogP contribution in [-0.4, -0.2) is 27.5 Å². The number of fused-ring (bicyclic) bond motifs is 1. The summed E-state index contributed by atoms with van der Waals surface area (Å²) >= 11 is 0. The smallest absolute Gasteiger partial charge is 0.264 e. The lowest BCUT2D eigenvalue weighted by Gasteiger charge is -2.18. The lowest BCUT2D eigenvalue weighted by atomic mass is 10.1. The molecule has 0 saturated carbocycles. The first-order valence-electron chi connectivity index (χ1n) is 7.64. The molecule has 1 aliphatic rings. The number of ether oxygens (including phenoxy) is 2. The number of hydrogen-bond donors (Lipinski definition) is 1. The second-order valence-corrected chi connectivity index (χ2v) is 7.11. The van der Waals surface area contributed by atoms with Gasteiger partial charge in [-0.3, -0.25) is 4.79 Å². The summed E-state index contributed by atoms with van der Waals surface area (Å²) in [6.45, 7) is 0.720. The molecule has 0 bridgehead atoms. The van der Waals surface area contributed by atoms with E-state index in [1.54, 1.807) is 18.2 Å². The Morgan fingerprint density at radius 1 is 1.08 bits per heavy atom. The predicted octanol–water partition coefficient (Wildman–Crippen LogP) is 2.03. The van der Waals surface area contributed by atoms with Crippen LogP contribution in [0.5, 0.6) is 11.5 Å². The minimum Gasteiger partial charge on any atom is -0.486 e. The number of aryl methyl sites for hydroxylation is 1. The van der Waals surface area contributed by atoms with Gasteiger partial charge < -0.3 is 9.47 Å². The van der Waals surface area contributed by atoms with Gasteiger partial charge in [0.05, 0.1) is 4.90 Å². The molecule has 2 aromatic rings. The summed E-state index contributed by atoms with van der Waals surface area (Å²) in [5, 5.41) is 0. The topological polar surface area (TPSA) is 81.7 Å². The van der Waals surface area contributed by atoms with Gasteiger partial charge in [0, 0.05) is 12.5 Å². The predicted molar refractivity (Wildman–Crippen MR) is 87.5 cm³/mol. The van der Waals surface area contributed by atoms with E-state index in [9.17, 15) is 17.6 Å². The van der Waals surface area contributed by atoms with Gasteiger partial charge in [-0.15, -0.1) is 0 Å². The molecular formula is C17H16FNO5S. The lowest BCUT2D eigenvalue weighted by Crippen LogP contribution is -2.31.